The smallest absolute Gasteiger partial charge is 0.159 e. The minimum atomic E-state index is -0.830. The molecule has 0 N–H and O–H groups in total. The van der Waals surface area contributed by atoms with E-state index in [4.69, 9.17) is 4.74 Å². The Hall–Kier alpha value is -1.22. The lowest BCUT2D eigenvalue weighted by Crippen LogP contribution is -1.93. The summed E-state index contributed by atoms with van der Waals surface area (Å²) in [5.74, 6) is -1.66. The Morgan fingerprint density at radius 1 is 1.18 bits per heavy atom. The van der Waals surface area contributed by atoms with Gasteiger partial charge in [0.2, 0.25) is 0 Å². The van der Waals surface area contributed by atoms with Crippen LogP contribution in [0.25, 0.3) is 6.08 Å². The van der Waals surface area contributed by atoms with Gasteiger partial charge in [-0.05, 0) is 24.1 Å². The lowest BCUT2D eigenvalue weighted by molar-refractivity contribution is 0.158. The second-order valence-corrected chi connectivity index (χ2v) is 3.71. The van der Waals surface area contributed by atoms with Gasteiger partial charge in [0.1, 0.15) is 0 Å². The fourth-order valence-electron chi connectivity index (χ4n) is 1.33. The highest BCUT2D eigenvalue weighted by molar-refractivity contribution is 5.49. The molecule has 1 nitrogen and oxygen atoms in total. The van der Waals surface area contributed by atoms with E-state index in [1.54, 1.807) is 12.2 Å². The maximum atomic E-state index is 12.8. The van der Waals surface area contributed by atoms with Gasteiger partial charge in [-0.2, -0.15) is 0 Å². The van der Waals surface area contributed by atoms with Crippen LogP contribution in [0.3, 0.4) is 0 Å². The predicted molar refractivity (Wildman–Crippen MR) is 65.4 cm³/mol. The Morgan fingerprint density at radius 2 is 2.00 bits per heavy atom. The Morgan fingerprint density at radius 3 is 2.71 bits per heavy atom. The van der Waals surface area contributed by atoms with Gasteiger partial charge in [-0.1, -0.05) is 38.0 Å². The fourth-order valence-corrected chi connectivity index (χ4v) is 1.33. The number of hydrogen-bond donors (Lipinski definition) is 0. The van der Waals surface area contributed by atoms with Gasteiger partial charge in [-0.15, -0.1) is 0 Å². The monoisotopic (exact) mass is 239 g/mol. The van der Waals surface area contributed by atoms with Gasteiger partial charge in [-0.3, -0.25) is 0 Å². The molecule has 0 bridgehead atoms. The fraction of sp³-hybridized carbons (Fsp3) is 0.357. The van der Waals surface area contributed by atoms with Crippen molar-refractivity contribution < 1.29 is 13.5 Å². The van der Waals surface area contributed by atoms with Crippen molar-refractivity contribution in [3.05, 3.63) is 48.4 Å². The van der Waals surface area contributed by atoms with Crippen LogP contribution in [0.1, 0.15) is 24.8 Å². The van der Waals surface area contributed by atoms with Crippen LogP contribution in [0.2, 0.25) is 0 Å². The molecule has 0 aliphatic rings. The van der Waals surface area contributed by atoms with E-state index in [-0.39, 0.29) is 0 Å². The molecule has 0 fully saturated rings. The van der Waals surface area contributed by atoms with Crippen LogP contribution in [-0.4, -0.2) is 13.2 Å². The lowest BCUT2D eigenvalue weighted by Gasteiger charge is -1.99. The van der Waals surface area contributed by atoms with Gasteiger partial charge in [0.05, 0.1) is 6.61 Å². The zero-order valence-electron chi connectivity index (χ0n) is 9.79. The first-order valence-electron chi connectivity index (χ1n) is 5.72. The first-order valence-corrected chi connectivity index (χ1v) is 5.72. The second-order valence-electron chi connectivity index (χ2n) is 3.71. The van der Waals surface area contributed by atoms with Crippen LogP contribution in [0, 0.1) is 18.6 Å². The van der Waals surface area contributed by atoms with Crippen molar-refractivity contribution in [3.63, 3.8) is 0 Å². The summed E-state index contributed by atoms with van der Waals surface area (Å²) in [4.78, 5) is 0. The van der Waals surface area contributed by atoms with Gasteiger partial charge < -0.3 is 4.74 Å². The number of unbranched alkanes of at least 4 members (excludes halogenated alkanes) is 2. The number of ether oxygens (including phenoxy) is 1. The van der Waals surface area contributed by atoms with E-state index in [9.17, 15) is 8.78 Å². The van der Waals surface area contributed by atoms with Gasteiger partial charge >= 0.3 is 0 Å². The van der Waals surface area contributed by atoms with E-state index in [0.717, 1.165) is 31.4 Å². The van der Waals surface area contributed by atoms with Crippen LogP contribution in [0.4, 0.5) is 8.78 Å². The summed E-state index contributed by atoms with van der Waals surface area (Å²) in [6, 6.07) is 3.80. The Bertz CT molecular complexity index is 361. The molecule has 0 saturated heterocycles. The van der Waals surface area contributed by atoms with Crippen molar-refractivity contribution in [2.75, 3.05) is 13.2 Å². The molecule has 93 valence electrons. The Kier molecular flexibility index (Phi) is 6.48. The molecule has 0 heterocycles. The molecule has 0 amide bonds. The van der Waals surface area contributed by atoms with E-state index in [1.165, 1.54) is 6.07 Å². The maximum Gasteiger partial charge on any atom is 0.159 e. The van der Waals surface area contributed by atoms with Crippen LogP contribution in [0.5, 0.6) is 0 Å². The van der Waals surface area contributed by atoms with Crippen LogP contribution in [0.15, 0.2) is 24.3 Å². The number of rotatable bonds is 7. The summed E-state index contributed by atoms with van der Waals surface area (Å²) in [6.07, 6.45) is 6.49. The van der Waals surface area contributed by atoms with Crippen molar-refractivity contribution in [1.82, 2.24) is 0 Å². The molecule has 0 saturated carbocycles. The molecule has 0 unspecified atom stereocenters. The van der Waals surface area contributed by atoms with Gasteiger partial charge in [0.15, 0.2) is 11.6 Å². The van der Waals surface area contributed by atoms with Crippen molar-refractivity contribution in [2.45, 2.75) is 19.3 Å². The summed E-state index contributed by atoms with van der Waals surface area (Å²) in [7, 11) is 0. The molecule has 3 heteroatoms. The van der Waals surface area contributed by atoms with Crippen LogP contribution < -0.4 is 0 Å². The maximum absolute atomic E-state index is 12.8. The molecule has 0 spiro atoms. The summed E-state index contributed by atoms with van der Waals surface area (Å²) >= 11 is 0. The molecular formula is C14H17F2O. The first-order chi connectivity index (χ1) is 8.24. The van der Waals surface area contributed by atoms with Gasteiger partial charge in [-0.25, -0.2) is 8.78 Å². The number of hydrogen-bond acceptors (Lipinski definition) is 1. The van der Waals surface area contributed by atoms with Gasteiger partial charge in [0.25, 0.3) is 0 Å². The zero-order chi connectivity index (χ0) is 12.5. The van der Waals surface area contributed by atoms with Crippen LogP contribution >= 0.6 is 0 Å². The molecule has 17 heavy (non-hydrogen) atoms. The van der Waals surface area contributed by atoms with E-state index in [1.807, 2.05) is 0 Å². The van der Waals surface area contributed by atoms with E-state index in [0.29, 0.717) is 18.8 Å². The quantitative estimate of drug-likeness (QED) is 0.653. The highest BCUT2D eigenvalue weighted by atomic mass is 19.2. The molecule has 0 aliphatic heterocycles. The average molecular weight is 239 g/mol. The molecular weight excluding hydrogens is 222 g/mol. The summed E-state index contributed by atoms with van der Waals surface area (Å²) in [6.45, 7) is 4.93. The average Bonchev–Trinajstić information content (AvgIpc) is 2.32. The van der Waals surface area contributed by atoms with Crippen molar-refractivity contribution in [2.24, 2.45) is 0 Å². The van der Waals surface area contributed by atoms with Crippen molar-refractivity contribution in [1.29, 1.82) is 0 Å². The summed E-state index contributed by atoms with van der Waals surface area (Å²) in [5, 5.41) is 0. The molecule has 0 aliphatic carbocycles. The number of benzene rings is 1. The van der Waals surface area contributed by atoms with E-state index >= 15 is 0 Å². The largest absolute Gasteiger partial charge is 0.377 e. The molecule has 0 atom stereocenters. The standard InChI is InChI=1S/C14H17F2O/c1-2-3-4-9-17-10-5-6-12-7-8-13(15)14(16)11-12/h5-8,11H,1-4,9-10H2/b6-5+. The molecule has 1 aromatic rings. The zero-order valence-corrected chi connectivity index (χ0v) is 9.79. The third kappa shape index (κ3) is 5.59. The van der Waals surface area contributed by atoms with Gasteiger partial charge in [0, 0.05) is 6.61 Å². The summed E-state index contributed by atoms with van der Waals surface area (Å²) in [5.41, 5.74) is 0.630. The lowest BCUT2D eigenvalue weighted by atomic mass is 10.2. The topological polar surface area (TPSA) is 9.23 Å². The van der Waals surface area contributed by atoms with E-state index in [2.05, 4.69) is 6.92 Å². The number of halogens is 2. The highest BCUT2D eigenvalue weighted by Gasteiger charge is 1.99. The minimum Gasteiger partial charge on any atom is -0.377 e. The molecule has 1 radical (unpaired) electrons. The minimum absolute atomic E-state index is 0.482. The predicted octanol–water partition coefficient (Wildman–Crippen LogP) is 4.00. The summed E-state index contributed by atoms with van der Waals surface area (Å²) < 4.78 is 30.8. The normalized spacial score (nSPS) is 11.2. The molecule has 1 rings (SSSR count). The second kappa shape index (κ2) is 7.96. The highest BCUT2D eigenvalue weighted by Crippen LogP contribution is 2.09. The molecule has 1 aromatic carbocycles. The first kappa shape index (κ1) is 13.8. The SMILES string of the molecule is [CH2]CCCCOC/C=C/c1ccc(F)c(F)c1. The van der Waals surface area contributed by atoms with Crippen molar-refractivity contribution >= 4 is 6.08 Å². The third-order valence-electron chi connectivity index (χ3n) is 2.26. The third-order valence-corrected chi connectivity index (χ3v) is 2.26. The Labute approximate surface area is 101 Å². The van der Waals surface area contributed by atoms with E-state index < -0.39 is 11.6 Å². The Balaban J connectivity index is 2.26. The van der Waals surface area contributed by atoms with Crippen molar-refractivity contribution in [3.8, 4) is 0 Å². The van der Waals surface area contributed by atoms with Crippen LogP contribution in [-0.2, 0) is 4.74 Å². The molecule has 0 aromatic heterocycles.